The Bertz CT molecular complexity index is 157. The topological polar surface area (TPSA) is 55.8 Å². The van der Waals surface area contributed by atoms with Crippen LogP contribution in [0.4, 0.5) is 0 Å². The summed E-state index contributed by atoms with van der Waals surface area (Å²) in [5.74, 6) is -0.283. The summed E-state index contributed by atoms with van der Waals surface area (Å²) in [6, 6.07) is 0. The van der Waals surface area contributed by atoms with Gasteiger partial charge in [0.2, 0.25) is 0 Å². The molecule has 0 aromatic rings. The van der Waals surface area contributed by atoms with Crippen molar-refractivity contribution in [1.82, 2.24) is 0 Å². The van der Waals surface area contributed by atoms with Gasteiger partial charge in [0.1, 0.15) is 0 Å². The molecule has 1 heterocycles. The van der Waals surface area contributed by atoms with Crippen molar-refractivity contribution in [1.29, 1.82) is 0 Å². The zero-order chi connectivity index (χ0) is 8.97. The fourth-order valence-corrected chi connectivity index (χ4v) is 1.27. The lowest BCUT2D eigenvalue weighted by atomic mass is 10.0. The lowest BCUT2D eigenvalue weighted by Gasteiger charge is -2.25. The van der Waals surface area contributed by atoms with Crippen LogP contribution in [0.2, 0.25) is 0 Å². The number of esters is 1. The minimum atomic E-state index is -0.326. The minimum Gasteiger partial charge on any atom is -0.469 e. The van der Waals surface area contributed by atoms with Crippen LogP contribution in [0.1, 0.15) is 19.3 Å². The fourth-order valence-electron chi connectivity index (χ4n) is 1.27. The number of aliphatic hydroxyl groups excluding tert-OH is 1. The maximum atomic E-state index is 10.8. The first kappa shape index (κ1) is 9.48. The molecule has 0 aromatic carbocycles. The quantitative estimate of drug-likeness (QED) is 0.603. The van der Waals surface area contributed by atoms with E-state index in [2.05, 4.69) is 4.74 Å². The Morgan fingerprint density at radius 3 is 3.08 bits per heavy atom. The highest BCUT2D eigenvalue weighted by atomic mass is 16.5. The first-order valence-corrected chi connectivity index (χ1v) is 4.09. The molecule has 12 heavy (non-hydrogen) atoms. The molecule has 4 heteroatoms. The summed E-state index contributed by atoms with van der Waals surface area (Å²) < 4.78 is 9.75. The van der Waals surface area contributed by atoms with E-state index in [1.807, 2.05) is 0 Å². The second kappa shape index (κ2) is 4.42. The van der Waals surface area contributed by atoms with Gasteiger partial charge in [-0.1, -0.05) is 0 Å². The lowest BCUT2D eigenvalue weighted by Crippen LogP contribution is -2.30. The molecule has 70 valence electrons. The van der Waals surface area contributed by atoms with E-state index in [1.54, 1.807) is 0 Å². The van der Waals surface area contributed by atoms with Crippen LogP contribution < -0.4 is 0 Å². The highest BCUT2D eigenvalue weighted by Crippen LogP contribution is 2.16. The van der Waals surface area contributed by atoms with Gasteiger partial charge in [-0.3, -0.25) is 4.79 Å². The highest BCUT2D eigenvalue weighted by molar-refractivity contribution is 5.69. The Morgan fingerprint density at radius 1 is 1.75 bits per heavy atom. The maximum Gasteiger partial charge on any atom is 0.308 e. The van der Waals surface area contributed by atoms with Crippen LogP contribution in [0.3, 0.4) is 0 Å². The van der Waals surface area contributed by atoms with Gasteiger partial charge in [0, 0.05) is 13.0 Å². The van der Waals surface area contributed by atoms with Crippen molar-refractivity contribution >= 4 is 5.97 Å². The van der Waals surface area contributed by atoms with Gasteiger partial charge in [-0.2, -0.15) is 0 Å². The first-order chi connectivity index (χ1) is 5.72. The Hall–Kier alpha value is -0.610. The number of hydrogen-bond acceptors (Lipinski definition) is 4. The molecule has 0 aromatic heterocycles. The van der Waals surface area contributed by atoms with Crippen molar-refractivity contribution in [2.75, 3.05) is 13.7 Å². The number of rotatable bonds is 2. The van der Waals surface area contributed by atoms with Crippen molar-refractivity contribution in [3.8, 4) is 0 Å². The van der Waals surface area contributed by atoms with Crippen molar-refractivity contribution in [2.24, 2.45) is 0 Å². The summed E-state index contributed by atoms with van der Waals surface area (Å²) in [6.07, 6.45) is 0.954. The molecule has 4 nitrogen and oxygen atoms in total. The summed E-state index contributed by atoms with van der Waals surface area (Å²) in [5, 5.41) is 9.23. The van der Waals surface area contributed by atoms with E-state index in [4.69, 9.17) is 4.74 Å². The molecule has 0 radical (unpaired) electrons. The van der Waals surface area contributed by atoms with Gasteiger partial charge in [-0.05, 0) is 6.42 Å². The Labute approximate surface area is 71.5 Å². The minimum absolute atomic E-state index is 0.166. The SMILES string of the molecule is COC(=O)CC1CC(O)CCO1. The monoisotopic (exact) mass is 174 g/mol. The van der Waals surface area contributed by atoms with Crippen LogP contribution in [-0.4, -0.2) is 37.0 Å². The summed E-state index contributed by atoms with van der Waals surface area (Å²) in [6.45, 7) is 0.531. The third kappa shape index (κ3) is 2.79. The maximum absolute atomic E-state index is 10.8. The largest absolute Gasteiger partial charge is 0.469 e. The third-order valence-electron chi connectivity index (χ3n) is 1.96. The summed E-state index contributed by atoms with van der Waals surface area (Å²) in [4.78, 5) is 10.8. The summed E-state index contributed by atoms with van der Waals surface area (Å²) >= 11 is 0. The van der Waals surface area contributed by atoms with Crippen LogP contribution in [0.5, 0.6) is 0 Å². The van der Waals surface area contributed by atoms with Gasteiger partial charge in [-0.15, -0.1) is 0 Å². The Morgan fingerprint density at radius 2 is 2.50 bits per heavy atom. The molecule has 0 bridgehead atoms. The average molecular weight is 174 g/mol. The van der Waals surface area contributed by atoms with Gasteiger partial charge in [0.15, 0.2) is 0 Å². The van der Waals surface area contributed by atoms with Crippen molar-refractivity contribution in [3.63, 3.8) is 0 Å². The van der Waals surface area contributed by atoms with Crippen molar-refractivity contribution < 1.29 is 19.4 Å². The average Bonchev–Trinajstić information content (AvgIpc) is 2.04. The van der Waals surface area contributed by atoms with Crippen LogP contribution in [0.25, 0.3) is 0 Å². The van der Waals surface area contributed by atoms with Gasteiger partial charge in [0.25, 0.3) is 0 Å². The number of ether oxygens (including phenoxy) is 2. The molecule has 0 saturated carbocycles. The van der Waals surface area contributed by atoms with E-state index in [9.17, 15) is 9.90 Å². The van der Waals surface area contributed by atoms with Gasteiger partial charge in [-0.25, -0.2) is 0 Å². The van der Waals surface area contributed by atoms with E-state index in [-0.39, 0.29) is 24.6 Å². The molecule has 1 fully saturated rings. The first-order valence-electron chi connectivity index (χ1n) is 4.09. The van der Waals surface area contributed by atoms with Gasteiger partial charge >= 0.3 is 5.97 Å². The van der Waals surface area contributed by atoms with E-state index >= 15 is 0 Å². The number of carbonyl (C=O) groups is 1. The van der Waals surface area contributed by atoms with Crippen molar-refractivity contribution in [3.05, 3.63) is 0 Å². The normalized spacial score (nSPS) is 29.8. The van der Waals surface area contributed by atoms with E-state index in [0.29, 0.717) is 19.4 Å². The van der Waals surface area contributed by atoms with Crippen LogP contribution in [0.15, 0.2) is 0 Å². The van der Waals surface area contributed by atoms with Gasteiger partial charge in [0.05, 0.1) is 25.7 Å². The number of hydrogen-bond donors (Lipinski definition) is 1. The van der Waals surface area contributed by atoms with E-state index in [0.717, 1.165) is 0 Å². The van der Waals surface area contributed by atoms with Crippen molar-refractivity contribution in [2.45, 2.75) is 31.5 Å². The second-order valence-corrected chi connectivity index (χ2v) is 2.95. The van der Waals surface area contributed by atoms with Crippen LogP contribution >= 0.6 is 0 Å². The van der Waals surface area contributed by atoms with Crippen LogP contribution in [0, 0.1) is 0 Å². The Balaban J connectivity index is 2.27. The zero-order valence-electron chi connectivity index (χ0n) is 7.16. The Kier molecular flexibility index (Phi) is 3.49. The molecule has 0 amide bonds. The molecule has 1 N–H and O–H groups in total. The molecule has 1 aliphatic rings. The van der Waals surface area contributed by atoms with Gasteiger partial charge < -0.3 is 14.6 Å². The van der Waals surface area contributed by atoms with E-state index < -0.39 is 0 Å². The third-order valence-corrected chi connectivity index (χ3v) is 1.96. The number of aliphatic hydroxyl groups is 1. The fraction of sp³-hybridized carbons (Fsp3) is 0.875. The highest BCUT2D eigenvalue weighted by Gasteiger charge is 2.23. The molecule has 0 spiro atoms. The molecule has 1 aliphatic heterocycles. The van der Waals surface area contributed by atoms with Crippen LogP contribution in [-0.2, 0) is 14.3 Å². The molecular weight excluding hydrogens is 160 g/mol. The lowest BCUT2D eigenvalue weighted by molar-refractivity contribution is -0.146. The predicted octanol–water partition coefficient (Wildman–Crippen LogP) is 0.0894. The molecule has 2 unspecified atom stereocenters. The summed E-state index contributed by atoms with van der Waals surface area (Å²) in [5.41, 5.74) is 0. The zero-order valence-corrected chi connectivity index (χ0v) is 7.16. The van der Waals surface area contributed by atoms with E-state index in [1.165, 1.54) is 7.11 Å². The molecule has 1 rings (SSSR count). The second-order valence-electron chi connectivity index (χ2n) is 2.95. The molecule has 0 aliphatic carbocycles. The number of carbonyl (C=O) groups excluding carboxylic acids is 1. The molecule has 1 saturated heterocycles. The smallest absolute Gasteiger partial charge is 0.308 e. The standard InChI is InChI=1S/C8H14O4/c1-11-8(10)5-7-4-6(9)2-3-12-7/h6-7,9H,2-5H2,1H3. The number of methoxy groups -OCH3 is 1. The summed E-state index contributed by atoms with van der Waals surface area (Å²) in [7, 11) is 1.35. The molecular formula is C8H14O4. The predicted molar refractivity (Wildman–Crippen MR) is 41.6 cm³/mol. The molecule has 2 atom stereocenters.